The molecule has 118 valence electrons. The van der Waals surface area contributed by atoms with Crippen LogP contribution in [0.4, 0.5) is 0 Å². The number of aryl methyl sites for hydroxylation is 1. The highest BCUT2D eigenvalue weighted by atomic mass is 32.2. The SMILES string of the molecule is CSCC[C@@H](N)C(O)C(=O)NCCCCc1ccccc1. The summed E-state index contributed by atoms with van der Waals surface area (Å²) in [4.78, 5) is 11.7. The van der Waals surface area contributed by atoms with Crippen molar-refractivity contribution in [2.75, 3.05) is 18.6 Å². The van der Waals surface area contributed by atoms with Gasteiger partial charge in [-0.15, -0.1) is 0 Å². The van der Waals surface area contributed by atoms with E-state index in [9.17, 15) is 9.90 Å². The van der Waals surface area contributed by atoms with Crippen LogP contribution < -0.4 is 11.1 Å². The number of hydrogen-bond acceptors (Lipinski definition) is 4. The van der Waals surface area contributed by atoms with Crippen molar-refractivity contribution in [1.29, 1.82) is 0 Å². The molecule has 21 heavy (non-hydrogen) atoms. The third-order valence-corrected chi connectivity index (χ3v) is 4.01. The molecule has 1 amide bonds. The highest BCUT2D eigenvalue weighted by Gasteiger charge is 2.21. The summed E-state index contributed by atoms with van der Waals surface area (Å²) in [5.74, 6) is 0.492. The molecule has 0 aliphatic heterocycles. The van der Waals surface area contributed by atoms with Crippen molar-refractivity contribution in [3.63, 3.8) is 0 Å². The summed E-state index contributed by atoms with van der Waals surface area (Å²) in [6.45, 7) is 0.581. The highest BCUT2D eigenvalue weighted by Crippen LogP contribution is 2.05. The van der Waals surface area contributed by atoms with Gasteiger partial charge in [0.2, 0.25) is 5.91 Å². The molecule has 1 rings (SSSR count). The minimum absolute atomic E-state index is 0.358. The van der Waals surface area contributed by atoms with Gasteiger partial charge in [-0.05, 0) is 43.3 Å². The summed E-state index contributed by atoms with van der Waals surface area (Å²) in [6, 6.07) is 9.79. The lowest BCUT2D eigenvalue weighted by Gasteiger charge is -2.17. The van der Waals surface area contributed by atoms with E-state index in [2.05, 4.69) is 17.4 Å². The molecule has 0 fully saturated rings. The van der Waals surface area contributed by atoms with Crippen LogP contribution in [0.5, 0.6) is 0 Å². The van der Waals surface area contributed by atoms with Crippen molar-refractivity contribution in [3.8, 4) is 0 Å². The summed E-state index contributed by atoms with van der Waals surface area (Å²) < 4.78 is 0. The zero-order chi connectivity index (χ0) is 15.5. The maximum atomic E-state index is 11.7. The molecule has 4 N–H and O–H groups in total. The molecule has 1 aromatic carbocycles. The van der Waals surface area contributed by atoms with E-state index < -0.39 is 12.1 Å². The van der Waals surface area contributed by atoms with Crippen molar-refractivity contribution >= 4 is 17.7 Å². The number of carbonyl (C=O) groups is 1. The zero-order valence-electron chi connectivity index (χ0n) is 12.6. The Morgan fingerprint density at radius 1 is 1.33 bits per heavy atom. The lowest BCUT2D eigenvalue weighted by atomic mass is 10.1. The number of thioether (sulfide) groups is 1. The molecule has 5 heteroatoms. The summed E-state index contributed by atoms with van der Waals surface area (Å²) in [7, 11) is 0. The van der Waals surface area contributed by atoms with E-state index in [1.165, 1.54) is 5.56 Å². The Labute approximate surface area is 131 Å². The Bertz CT molecular complexity index is 401. The molecule has 0 radical (unpaired) electrons. The number of aliphatic hydroxyl groups is 1. The number of nitrogens with two attached hydrogens (primary N) is 1. The molecule has 0 spiro atoms. The lowest BCUT2D eigenvalue weighted by Crippen LogP contribution is -2.46. The van der Waals surface area contributed by atoms with Crippen LogP contribution in [-0.4, -0.2) is 41.7 Å². The molecule has 0 saturated carbocycles. The standard InChI is InChI=1S/C16H26N2O2S/c1-21-12-10-14(17)15(19)16(20)18-11-6-5-9-13-7-3-2-4-8-13/h2-4,7-8,14-15,19H,5-6,9-12,17H2,1H3,(H,18,20)/t14-,15?/m1/s1. The van der Waals surface area contributed by atoms with E-state index in [4.69, 9.17) is 5.73 Å². The first-order valence-electron chi connectivity index (χ1n) is 7.39. The summed E-state index contributed by atoms with van der Waals surface area (Å²) in [6.07, 6.45) is 4.43. The average molecular weight is 310 g/mol. The summed E-state index contributed by atoms with van der Waals surface area (Å²) >= 11 is 1.66. The number of unbranched alkanes of at least 4 members (excludes halogenated alkanes) is 1. The summed E-state index contributed by atoms with van der Waals surface area (Å²) in [5.41, 5.74) is 7.09. The predicted molar refractivity (Wildman–Crippen MR) is 89.4 cm³/mol. The van der Waals surface area contributed by atoms with Gasteiger partial charge in [-0.2, -0.15) is 11.8 Å². The van der Waals surface area contributed by atoms with Gasteiger partial charge in [0.1, 0.15) is 6.10 Å². The number of carbonyl (C=O) groups excluding carboxylic acids is 1. The van der Waals surface area contributed by atoms with Gasteiger partial charge >= 0.3 is 0 Å². The zero-order valence-corrected chi connectivity index (χ0v) is 13.4. The van der Waals surface area contributed by atoms with E-state index >= 15 is 0 Å². The van der Waals surface area contributed by atoms with Gasteiger partial charge in [-0.1, -0.05) is 30.3 Å². The predicted octanol–water partition coefficient (Wildman–Crippen LogP) is 1.57. The first kappa shape index (κ1) is 18.0. The fraction of sp³-hybridized carbons (Fsp3) is 0.562. The Kier molecular flexibility index (Phi) is 9.14. The fourth-order valence-corrected chi connectivity index (χ4v) is 2.53. The maximum Gasteiger partial charge on any atom is 0.250 e. The van der Waals surface area contributed by atoms with Crippen LogP contribution in [0.3, 0.4) is 0 Å². The van der Waals surface area contributed by atoms with E-state index in [0.29, 0.717) is 13.0 Å². The second kappa shape index (κ2) is 10.7. The lowest BCUT2D eigenvalue weighted by molar-refractivity contribution is -0.130. The van der Waals surface area contributed by atoms with Crippen LogP contribution in [0, 0.1) is 0 Å². The number of amides is 1. The first-order chi connectivity index (χ1) is 10.1. The van der Waals surface area contributed by atoms with Crippen molar-refractivity contribution in [3.05, 3.63) is 35.9 Å². The number of benzene rings is 1. The minimum Gasteiger partial charge on any atom is -0.382 e. The Morgan fingerprint density at radius 2 is 2.05 bits per heavy atom. The van der Waals surface area contributed by atoms with Gasteiger partial charge in [0.05, 0.1) is 0 Å². The molecule has 0 heterocycles. The van der Waals surface area contributed by atoms with E-state index in [-0.39, 0.29) is 5.91 Å². The van der Waals surface area contributed by atoms with Crippen molar-refractivity contribution in [2.24, 2.45) is 5.73 Å². The van der Waals surface area contributed by atoms with Gasteiger partial charge in [0.25, 0.3) is 0 Å². The van der Waals surface area contributed by atoms with Gasteiger partial charge < -0.3 is 16.2 Å². The molecule has 1 aromatic rings. The van der Waals surface area contributed by atoms with Crippen LogP contribution in [0.2, 0.25) is 0 Å². The van der Waals surface area contributed by atoms with Crippen LogP contribution in [0.1, 0.15) is 24.8 Å². The Hall–Kier alpha value is -1.04. The molecule has 0 bridgehead atoms. The Morgan fingerprint density at radius 3 is 2.71 bits per heavy atom. The molecule has 4 nitrogen and oxygen atoms in total. The van der Waals surface area contributed by atoms with E-state index in [1.54, 1.807) is 11.8 Å². The third-order valence-electron chi connectivity index (χ3n) is 3.36. The second-order valence-corrected chi connectivity index (χ2v) is 6.11. The normalized spacial score (nSPS) is 13.7. The molecule has 1 unspecified atom stereocenters. The highest BCUT2D eigenvalue weighted by molar-refractivity contribution is 7.98. The molecule has 0 aliphatic rings. The minimum atomic E-state index is -1.11. The quantitative estimate of drug-likeness (QED) is 0.573. The van der Waals surface area contributed by atoms with E-state index in [1.807, 2.05) is 24.5 Å². The molecule has 0 saturated heterocycles. The van der Waals surface area contributed by atoms with Gasteiger partial charge in [-0.25, -0.2) is 0 Å². The molecule has 2 atom stereocenters. The van der Waals surface area contributed by atoms with E-state index in [0.717, 1.165) is 25.0 Å². The van der Waals surface area contributed by atoms with Crippen molar-refractivity contribution < 1.29 is 9.90 Å². The van der Waals surface area contributed by atoms with Crippen LogP contribution in [-0.2, 0) is 11.2 Å². The average Bonchev–Trinajstić information content (AvgIpc) is 2.52. The van der Waals surface area contributed by atoms with Crippen LogP contribution in [0.25, 0.3) is 0 Å². The van der Waals surface area contributed by atoms with Gasteiger partial charge in [-0.3, -0.25) is 4.79 Å². The number of aliphatic hydroxyl groups excluding tert-OH is 1. The van der Waals surface area contributed by atoms with Crippen LogP contribution in [0.15, 0.2) is 30.3 Å². The molecule has 0 aliphatic carbocycles. The second-order valence-electron chi connectivity index (χ2n) is 5.12. The number of hydrogen-bond donors (Lipinski definition) is 3. The maximum absolute atomic E-state index is 11.7. The topological polar surface area (TPSA) is 75.3 Å². The largest absolute Gasteiger partial charge is 0.382 e. The fourth-order valence-electron chi connectivity index (χ4n) is 2.02. The number of rotatable bonds is 10. The van der Waals surface area contributed by atoms with Gasteiger partial charge in [0.15, 0.2) is 0 Å². The Balaban J connectivity index is 2.12. The summed E-state index contributed by atoms with van der Waals surface area (Å²) in [5, 5.41) is 12.6. The molecule has 0 aromatic heterocycles. The van der Waals surface area contributed by atoms with Crippen LogP contribution >= 0.6 is 11.8 Å². The van der Waals surface area contributed by atoms with Crippen molar-refractivity contribution in [2.45, 2.75) is 37.8 Å². The molecular weight excluding hydrogens is 284 g/mol. The third kappa shape index (κ3) is 7.50. The molecular formula is C16H26N2O2S. The van der Waals surface area contributed by atoms with Gasteiger partial charge in [0, 0.05) is 12.6 Å². The monoisotopic (exact) mass is 310 g/mol. The number of nitrogens with one attached hydrogen (secondary N) is 1. The smallest absolute Gasteiger partial charge is 0.250 e. The van der Waals surface area contributed by atoms with Crippen molar-refractivity contribution in [1.82, 2.24) is 5.32 Å². The first-order valence-corrected chi connectivity index (χ1v) is 8.78.